The molecule has 1 aromatic carbocycles. The van der Waals surface area contributed by atoms with Crippen molar-refractivity contribution in [3.05, 3.63) is 35.9 Å². The molecule has 4 nitrogen and oxygen atoms in total. The van der Waals surface area contributed by atoms with Gasteiger partial charge in [0.25, 0.3) is 0 Å². The summed E-state index contributed by atoms with van der Waals surface area (Å²) in [6.45, 7) is 4.27. The van der Waals surface area contributed by atoms with E-state index in [1.807, 2.05) is 18.2 Å². The second kappa shape index (κ2) is 8.10. The van der Waals surface area contributed by atoms with E-state index in [9.17, 15) is 4.79 Å². The Morgan fingerprint density at radius 3 is 2.65 bits per heavy atom. The number of amides is 1. The molecule has 2 heterocycles. The third-order valence-electron chi connectivity index (χ3n) is 6.29. The number of hydrogen-bond acceptors (Lipinski definition) is 3. The molecule has 1 aliphatic carbocycles. The second-order valence-electron chi connectivity index (χ2n) is 8.48. The number of hydrogen-bond donors (Lipinski definition) is 0. The number of benzene rings is 1. The van der Waals surface area contributed by atoms with Gasteiger partial charge >= 0.3 is 0 Å². The fraction of sp³-hybridized carbons (Fsp3) is 0.682. The maximum Gasteiger partial charge on any atom is 0.222 e. The number of ether oxygens (including phenoxy) is 2. The predicted octanol–water partition coefficient (Wildman–Crippen LogP) is 3.44. The summed E-state index contributed by atoms with van der Waals surface area (Å²) in [6, 6.07) is 10.3. The number of carbonyl (C=O) groups excluding carboxylic acids is 1. The van der Waals surface area contributed by atoms with Gasteiger partial charge in [-0.15, -0.1) is 0 Å². The number of nitrogens with zero attached hydrogens (tertiary/aromatic N) is 1. The lowest BCUT2D eigenvalue weighted by atomic mass is 9.76. The van der Waals surface area contributed by atoms with Crippen molar-refractivity contribution in [2.24, 2.45) is 11.3 Å². The minimum absolute atomic E-state index is 0.258. The van der Waals surface area contributed by atoms with Crippen LogP contribution in [0.4, 0.5) is 0 Å². The van der Waals surface area contributed by atoms with Crippen molar-refractivity contribution in [2.45, 2.75) is 51.0 Å². The zero-order valence-corrected chi connectivity index (χ0v) is 15.7. The van der Waals surface area contributed by atoms with Gasteiger partial charge in [-0.3, -0.25) is 4.79 Å². The number of rotatable bonds is 7. The van der Waals surface area contributed by atoms with Crippen LogP contribution in [0.5, 0.6) is 0 Å². The molecule has 4 heteroatoms. The number of likely N-dealkylation sites (tertiary alicyclic amines) is 1. The standard InChI is InChI=1S/C22H31NO3/c24-21(9-8-18-4-2-1-3-5-18)23-12-10-22(11-13-23)14-20(26-17-22)16-25-15-19-6-7-19/h1-5,19-20H,6-17H2/t20-/m1/s1. The highest BCUT2D eigenvalue weighted by Crippen LogP contribution is 2.42. The van der Waals surface area contributed by atoms with E-state index >= 15 is 0 Å². The molecule has 0 bridgehead atoms. The van der Waals surface area contributed by atoms with Gasteiger partial charge in [-0.2, -0.15) is 0 Å². The van der Waals surface area contributed by atoms with E-state index in [1.54, 1.807) is 0 Å². The van der Waals surface area contributed by atoms with Crippen molar-refractivity contribution in [3.63, 3.8) is 0 Å². The third-order valence-corrected chi connectivity index (χ3v) is 6.29. The van der Waals surface area contributed by atoms with Gasteiger partial charge in [0.1, 0.15) is 0 Å². The minimum atomic E-state index is 0.258. The van der Waals surface area contributed by atoms with Gasteiger partial charge in [-0.25, -0.2) is 0 Å². The van der Waals surface area contributed by atoms with E-state index < -0.39 is 0 Å². The fourth-order valence-corrected chi connectivity index (χ4v) is 4.29. The highest BCUT2D eigenvalue weighted by Gasteiger charge is 2.43. The molecule has 0 unspecified atom stereocenters. The Hall–Kier alpha value is -1.39. The Balaban J connectivity index is 1.18. The lowest BCUT2D eigenvalue weighted by Gasteiger charge is -2.38. The van der Waals surface area contributed by atoms with Crippen LogP contribution in [0.3, 0.4) is 0 Å². The largest absolute Gasteiger partial charge is 0.378 e. The van der Waals surface area contributed by atoms with Crippen molar-refractivity contribution >= 4 is 5.91 Å². The van der Waals surface area contributed by atoms with Crippen molar-refractivity contribution in [1.82, 2.24) is 4.90 Å². The number of piperidine rings is 1. The van der Waals surface area contributed by atoms with Crippen LogP contribution in [0.2, 0.25) is 0 Å². The van der Waals surface area contributed by atoms with Gasteiger partial charge in [0.15, 0.2) is 0 Å². The van der Waals surface area contributed by atoms with E-state index in [4.69, 9.17) is 9.47 Å². The summed E-state index contributed by atoms with van der Waals surface area (Å²) in [7, 11) is 0. The summed E-state index contributed by atoms with van der Waals surface area (Å²) in [5.74, 6) is 1.11. The Morgan fingerprint density at radius 2 is 1.92 bits per heavy atom. The van der Waals surface area contributed by atoms with Crippen LogP contribution in [-0.4, -0.2) is 49.8 Å². The number of carbonyl (C=O) groups is 1. The zero-order chi connectivity index (χ0) is 17.8. The Kier molecular flexibility index (Phi) is 5.60. The van der Waals surface area contributed by atoms with Gasteiger partial charge in [-0.05, 0) is 55.4 Å². The van der Waals surface area contributed by atoms with Crippen LogP contribution in [0.15, 0.2) is 30.3 Å². The highest BCUT2D eigenvalue weighted by molar-refractivity contribution is 5.76. The maximum atomic E-state index is 12.5. The first-order chi connectivity index (χ1) is 12.7. The van der Waals surface area contributed by atoms with Crippen LogP contribution < -0.4 is 0 Å². The van der Waals surface area contributed by atoms with Gasteiger partial charge in [0, 0.05) is 26.1 Å². The number of aryl methyl sites for hydroxylation is 1. The first kappa shape index (κ1) is 18.0. The summed E-state index contributed by atoms with van der Waals surface area (Å²) in [5, 5.41) is 0. The van der Waals surface area contributed by atoms with Crippen LogP contribution >= 0.6 is 0 Å². The van der Waals surface area contributed by atoms with E-state index in [1.165, 1.54) is 18.4 Å². The average molecular weight is 357 g/mol. The lowest BCUT2D eigenvalue weighted by molar-refractivity contribution is -0.133. The molecule has 26 heavy (non-hydrogen) atoms. The fourth-order valence-electron chi connectivity index (χ4n) is 4.29. The average Bonchev–Trinajstić information content (AvgIpc) is 3.42. The first-order valence-corrected chi connectivity index (χ1v) is 10.2. The van der Waals surface area contributed by atoms with Crippen LogP contribution in [-0.2, 0) is 20.7 Å². The normalized spacial score (nSPS) is 24.9. The minimum Gasteiger partial charge on any atom is -0.378 e. The Bertz CT molecular complexity index is 591. The van der Waals surface area contributed by atoms with Gasteiger partial charge in [0.2, 0.25) is 5.91 Å². The molecule has 1 amide bonds. The Labute approximate surface area is 156 Å². The molecular formula is C22H31NO3. The molecule has 1 atom stereocenters. The summed E-state index contributed by atoms with van der Waals surface area (Å²) < 4.78 is 11.8. The summed E-state index contributed by atoms with van der Waals surface area (Å²) >= 11 is 0. The molecule has 0 aromatic heterocycles. The molecule has 1 aromatic rings. The van der Waals surface area contributed by atoms with Gasteiger partial charge in [0.05, 0.1) is 19.3 Å². The second-order valence-corrected chi connectivity index (χ2v) is 8.48. The monoisotopic (exact) mass is 357 g/mol. The molecule has 1 saturated carbocycles. The molecule has 2 aliphatic heterocycles. The van der Waals surface area contributed by atoms with Crippen LogP contribution in [0, 0.1) is 11.3 Å². The Morgan fingerprint density at radius 1 is 1.15 bits per heavy atom. The zero-order valence-electron chi connectivity index (χ0n) is 15.7. The maximum absolute atomic E-state index is 12.5. The molecule has 2 saturated heterocycles. The summed E-state index contributed by atoms with van der Waals surface area (Å²) in [4.78, 5) is 14.6. The molecule has 3 aliphatic rings. The molecule has 0 N–H and O–H groups in total. The van der Waals surface area contributed by atoms with E-state index in [0.29, 0.717) is 12.3 Å². The van der Waals surface area contributed by atoms with Crippen molar-refractivity contribution < 1.29 is 14.3 Å². The molecule has 0 radical (unpaired) electrons. The molecule has 3 fully saturated rings. The topological polar surface area (TPSA) is 38.8 Å². The summed E-state index contributed by atoms with van der Waals surface area (Å²) in [6.07, 6.45) is 7.63. The van der Waals surface area contributed by atoms with Gasteiger partial charge < -0.3 is 14.4 Å². The van der Waals surface area contributed by atoms with Crippen LogP contribution in [0.25, 0.3) is 0 Å². The quantitative estimate of drug-likeness (QED) is 0.750. The lowest BCUT2D eigenvalue weighted by Crippen LogP contribution is -2.43. The smallest absolute Gasteiger partial charge is 0.222 e. The van der Waals surface area contributed by atoms with E-state index in [0.717, 1.165) is 64.5 Å². The molecule has 142 valence electrons. The first-order valence-electron chi connectivity index (χ1n) is 10.2. The summed E-state index contributed by atoms with van der Waals surface area (Å²) in [5.41, 5.74) is 1.52. The molecule has 4 rings (SSSR count). The van der Waals surface area contributed by atoms with Crippen molar-refractivity contribution in [3.8, 4) is 0 Å². The molecular weight excluding hydrogens is 326 g/mol. The van der Waals surface area contributed by atoms with E-state index in [2.05, 4.69) is 17.0 Å². The van der Waals surface area contributed by atoms with E-state index in [-0.39, 0.29) is 11.5 Å². The predicted molar refractivity (Wildman–Crippen MR) is 101 cm³/mol. The third kappa shape index (κ3) is 4.66. The van der Waals surface area contributed by atoms with Crippen molar-refractivity contribution in [1.29, 1.82) is 0 Å². The van der Waals surface area contributed by atoms with Crippen molar-refractivity contribution in [2.75, 3.05) is 32.9 Å². The van der Waals surface area contributed by atoms with Gasteiger partial charge in [-0.1, -0.05) is 30.3 Å². The van der Waals surface area contributed by atoms with Crippen LogP contribution in [0.1, 0.15) is 44.1 Å². The highest BCUT2D eigenvalue weighted by atomic mass is 16.5. The SMILES string of the molecule is O=C(CCc1ccccc1)N1CCC2(CC1)CO[C@@H](COCC1CC1)C2. The molecule has 1 spiro atoms.